The Kier molecular flexibility index (Phi) is 7.92. The molecule has 0 saturated heterocycles. The van der Waals surface area contributed by atoms with E-state index in [1.165, 1.54) is 5.56 Å². The number of hydrogen-bond acceptors (Lipinski definition) is 3. The van der Waals surface area contributed by atoms with Gasteiger partial charge in [-0.15, -0.1) is 0 Å². The minimum atomic E-state index is -0.366. The van der Waals surface area contributed by atoms with Crippen molar-refractivity contribution in [3.63, 3.8) is 0 Å². The molecule has 0 fully saturated rings. The molecule has 0 saturated carbocycles. The van der Waals surface area contributed by atoms with Crippen LogP contribution in [0.5, 0.6) is 0 Å². The van der Waals surface area contributed by atoms with Gasteiger partial charge in [0.1, 0.15) is 0 Å². The smallest absolute Gasteiger partial charge is 0.243 e. The summed E-state index contributed by atoms with van der Waals surface area (Å²) in [6.07, 6.45) is 1.90. The first kappa shape index (κ1) is 20.2. The summed E-state index contributed by atoms with van der Waals surface area (Å²) in [5.74, 6) is 0.0516. The molecule has 3 unspecified atom stereocenters. The fourth-order valence-electron chi connectivity index (χ4n) is 3.02. The largest absolute Gasteiger partial charge is 0.326 e. The molecule has 134 valence electrons. The fourth-order valence-corrected chi connectivity index (χ4v) is 3.02. The normalized spacial score (nSPS) is 14.6. The number of hydroxylamine groups is 1. The van der Waals surface area contributed by atoms with Crippen molar-refractivity contribution in [3.05, 3.63) is 29.3 Å². The average Bonchev–Trinajstić information content (AvgIpc) is 2.50. The number of amides is 2. The number of nitrogens with one attached hydrogen (secondary N) is 2. The Morgan fingerprint density at radius 2 is 1.71 bits per heavy atom. The minimum absolute atomic E-state index is 0.0193. The molecule has 2 amide bonds. The van der Waals surface area contributed by atoms with Crippen LogP contribution in [0.15, 0.2) is 18.2 Å². The van der Waals surface area contributed by atoms with Crippen LogP contribution in [0.3, 0.4) is 0 Å². The first-order valence-corrected chi connectivity index (χ1v) is 8.54. The number of anilines is 1. The van der Waals surface area contributed by atoms with E-state index in [9.17, 15) is 9.59 Å². The van der Waals surface area contributed by atoms with Gasteiger partial charge in [0.25, 0.3) is 0 Å². The molecule has 0 aromatic heterocycles. The number of hydrogen-bond donors (Lipinski definition) is 3. The van der Waals surface area contributed by atoms with Gasteiger partial charge < -0.3 is 5.32 Å². The van der Waals surface area contributed by atoms with Crippen molar-refractivity contribution < 1.29 is 14.8 Å². The van der Waals surface area contributed by atoms with Crippen molar-refractivity contribution in [2.24, 2.45) is 17.8 Å². The van der Waals surface area contributed by atoms with E-state index >= 15 is 0 Å². The van der Waals surface area contributed by atoms with Crippen LogP contribution >= 0.6 is 0 Å². The molecule has 0 radical (unpaired) electrons. The molecule has 24 heavy (non-hydrogen) atoms. The van der Waals surface area contributed by atoms with E-state index in [2.05, 4.69) is 12.2 Å². The molecule has 0 bridgehead atoms. The number of rotatable bonds is 8. The third-order valence-corrected chi connectivity index (χ3v) is 4.44. The Balaban J connectivity index is 2.47. The SMILES string of the molecule is Cc1ccc(NC(=O)C(C)CC(C)CC(C)CC(=O)NO)cc1C. The number of carbonyl (C=O) groups is 2. The Hall–Kier alpha value is -1.88. The molecule has 0 spiro atoms. The Labute approximate surface area is 144 Å². The van der Waals surface area contributed by atoms with Gasteiger partial charge in [-0.3, -0.25) is 14.8 Å². The lowest BCUT2D eigenvalue weighted by Crippen LogP contribution is -2.24. The Bertz CT molecular complexity index is 572. The first-order chi connectivity index (χ1) is 11.2. The maximum atomic E-state index is 12.3. The zero-order chi connectivity index (χ0) is 18.3. The van der Waals surface area contributed by atoms with E-state index in [4.69, 9.17) is 5.21 Å². The molecule has 0 aliphatic rings. The maximum Gasteiger partial charge on any atom is 0.243 e. The number of benzene rings is 1. The maximum absolute atomic E-state index is 12.3. The summed E-state index contributed by atoms with van der Waals surface area (Å²) in [7, 11) is 0. The van der Waals surface area contributed by atoms with Gasteiger partial charge >= 0.3 is 0 Å². The minimum Gasteiger partial charge on any atom is -0.326 e. The van der Waals surface area contributed by atoms with E-state index in [0.29, 0.717) is 12.3 Å². The molecule has 0 aliphatic heterocycles. The number of carbonyl (C=O) groups excluding carboxylic acids is 2. The third-order valence-electron chi connectivity index (χ3n) is 4.44. The van der Waals surface area contributed by atoms with Crippen molar-refractivity contribution in [2.45, 2.75) is 53.9 Å². The highest BCUT2D eigenvalue weighted by Gasteiger charge is 2.19. The van der Waals surface area contributed by atoms with Crippen LogP contribution < -0.4 is 10.8 Å². The second-order valence-corrected chi connectivity index (χ2v) is 7.11. The lowest BCUT2D eigenvalue weighted by atomic mass is 9.88. The molecule has 1 aromatic carbocycles. The second-order valence-electron chi connectivity index (χ2n) is 7.11. The quantitative estimate of drug-likeness (QED) is 0.499. The van der Waals surface area contributed by atoms with E-state index < -0.39 is 0 Å². The van der Waals surface area contributed by atoms with Crippen molar-refractivity contribution in [3.8, 4) is 0 Å². The second kappa shape index (κ2) is 9.42. The topological polar surface area (TPSA) is 78.4 Å². The zero-order valence-corrected chi connectivity index (χ0v) is 15.3. The molecule has 5 heteroatoms. The van der Waals surface area contributed by atoms with Gasteiger partial charge in [-0.25, -0.2) is 5.48 Å². The molecule has 3 atom stereocenters. The molecule has 1 rings (SSSR count). The summed E-state index contributed by atoms with van der Waals surface area (Å²) in [4.78, 5) is 23.5. The summed E-state index contributed by atoms with van der Waals surface area (Å²) < 4.78 is 0. The molecular formula is C19H30N2O3. The van der Waals surface area contributed by atoms with Crippen molar-refractivity contribution >= 4 is 17.5 Å². The average molecular weight is 334 g/mol. The lowest BCUT2D eigenvalue weighted by Gasteiger charge is -2.20. The van der Waals surface area contributed by atoms with E-state index in [1.54, 1.807) is 5.48 Å². The monoisotopic (exact) mass is 334 g/mol. The van der Waals surface area contributed by atoms with Crippen LogP contribution in [-0.4, -0.2) is 17.0 Å². The van der Waals surface area contributed by atoms with E-state index in [-0.39, 0.29) is 23.7 Å². The summed E-state index contributed by atoms with van der Waals surface area (Å²) in [6.45, 7) is 10.1. The van der Waals surface area contributed by atoms with Crippen LogP contribution in [0.4, 0.5) is 5.69 Å². The van der Waals surface area contributed by atoms with Crippen LogP contribution in [0.2, 0.25) is 0 Å². The Morgan fingerprint density at radius 3 is 2.29 bits per heavy atom. The van der Waals surface area contributed by atoms with Gasteiger partial charge in [0.05, 0.1) is 0 Å². The fraction of sp³-hybridized carbons (Fsp3) is 0.579. The highest BCUT2D eigenvalue weighted by molar-refractivity contribution is 5.92. The van der Waals surface area contributed by atoms with Crippen molar-refractivity contribution in [2.75, 3.05) is 5.32 Å². The van der Waals surface area contributed by atoms with Gasteiger partial charge in [-0.2, -0.15) is 0 Å². The molecule has 3 N–H and O–H groups in total. The van der Waals surface area contributed by atoms with E-state index in [0.717, 1.165) is 24.1 Å². The van der Waals surface area contributed by atoms with Crippen molar-refractivity contribution in [1.29, 1.82) is 0 Å². The van der Waals surface area contributed by atoms with Crippen molar-refractivity contribution in [1.82, 2.24) is 5.48 Å². The van der Waals surface area contributed by atoms with Crippen LogP contribution in [0.1, 0.15) is 51.2 Å². The summed E-state index contributed by atoms with van der Waals surface area (Å²) >= 11 is 0. The van der Waals surface area contributed by atoms with E-state index in [1.807, 2.05) is 45.9 Å². The number of aryl methyl sites for hydroxylation is 2. The van der Waals surface area contributed by atoms with Crippen LogP contribution in [0.25, 0.3) is 0 Å². The van der Waals surface area contributed by atoms with Gasteiger partial charge in [-0.05, 0) is 61.8 Å². The highest BCUT2D eigenvalue weighted by Crippen LogP contribution is 2.23. The molecule has 0 aliphatic carbocycles. The standard InChI is InChI=1S/C19H30N2O3/c1-12(8-13(2)10-18(22)21-24)9-16(5)19(23)20-17-7-6-14(3)15(4)11-17/h6-7,11-13,16,24H,8-10H2,1-5H3,(H,20,23)(H,21,22). The zero-order valence-electron chi connectivity index (χ0n) is 15.3. The third kappa shape index (κ3) is 6.71. The van der Waals surface area contributed by atoms with Gasteiger partial charge in [0.15, 0.2) is 0 Å². The van der Waals surface area contributed by atoms with Crippen LogP contribution in [-0.2, 0) is 9.59 Å². The summed E-state index contributed by atoms with van der Waals surface area (Å²) in [5.41, 5.74) is 4.85. The summed E-state index contributed by atoms with van der Waals surface area (Å²) in [6, 6.07) is 5.91. The van der Waals surface area contributed by atoms with Crippen LogP contribution in [0, 0.1) is 31.6 Å². The summed E-state index contributed by atoms with van der Waals surface area (Å²) in [5, 5.41) is 11.5. The van der Waals surface area contributed by atoms with Gasteiger partial charge in [0, 0.05) is 18.0 Å². The van der Waals surface area contributed by atoms with Gasteiger partial charge in [0.2, 0.25) is 11.8 Å². The highest BCUT2D eigenvalue weighted by atomic mass is 16.5. The molecule has 5 nitrogen and oxygen atoms in total. The predicted molar refractivity (Wildman–Crippen MR) is 95.8 cm³/mol. The lowest BCUT2D eigenvalue weighted by molar-refractivity contribution is -0.130. The van der Waals surface area contributed by atoms with Gasteiger partial charge in [-0.1, -0.05) is 26.8 Å². The Morgan fingerprint density at radius 1 is 1.04 bits per heavy atom. The first-order valence-electron chi connectivity index (χ1n) is 8.54. The predicted octanol–water partition coefficient (Wildman–Crippen LogP) is 3.83. The molecule has 0 heterocycles. The molecule has 1 aromatic rings. The molecular weight excluding hydrogens is 304 g/mol.